The van der Waals surface area contributed by atoms with Crippen LogP contribution >= 0.6 is 0 Å². The van der Waals surface area contributed by atoms with E-state index in [2.05, 4.69) is 25.7 Å². The van der Waals surface area contributed by atoms with Crippen LogP contribution < -0.4 is 5.32 Å². The van der Waals surface area contributed by atoms with E-state index in [-0.39, 0.29) is 12.1 Å². The summed E-state index contributed by atoms with van der Waals surface area (Å²) in [7, 11) is 0. The highest BCUT2D eigenvalue weighted by atomic mass is 19.2. The van der Waals surface area contributed by atoms with Crippen molar-refractivity contribution in [1.82, 2.24) is 30.1 Å². The van der Waals surface area contributed by atoms with Crippen LogP contribution in [0.4, 0.5) is 8.78 Å². The Balaban J connectivity index is 1.57. The lowest BCUT2D eigenvalue weighted by Crippen LogP contribution is -2.24. The molecule has 8 nitrogen and oxygen atoms in total. The summed E-state index contributed by atoms with van der Waals surface area (Å²) in [6.07, 6.45) is 2.37. The molecule has 10 heteroatoms. The van der Waals surface area contributed by atoms with Gasteiger partial charge in [-0.05, 0) is 30.3 Å². The number of hydrogen-bond acceptors (Lipinski definition) is 6. The predicted octanol–water partition coefficient (Wildman–Crippen LogP) is 2.55. The molecule has 1 N–H and O–H groups in total. The molecule has 1 amide bonds. The van der Waals surface area contributed by atoms with E-state index >= 15 is 0 Å². The van der Waals surface area contributed by atoms with Crippen LogP contribution in [-0.2, 0) is 13.0 Å². The Hall–Kier alpha value is -3.69. The molecule has 4 rings (SSSR count). The second-order valence-corrected chi connectivity index (χ2v) is 5.91. The van der Waals surface area contributed by atoms with Gasteiger partial charge in [-0.1, -0.05) is 12.1 Å². The van der Waals surface area contributed by atoms with E-state index in [1.54, 1.807) is 22.7 Å². The zero-order valence-corrected chi connectivity index (χ0v) is 14.7. The largest absolute Gasteiger partial charge is 0.345 e. The van der Waals surface area contributed by atoms with Gasteiger partial charge in [-0.3, -0.25) is 9.20 Å². The summed E-state index contributed by atoms with van der Waals surface area (Å²) in [6, 6.07) is 6.49. The Morgan fingerprint density at radius 1 is 1.21 bits per heavy atom. The number of carbonyl (C=O) groups is 1. The first-order valence-electron chi connectivity index (χ1n) is 8.45. The van der Waals surface area contributed by atoms with Gasteiger partial charge in [0.2, 0.25) is 0 Å². The van der Waals surface area contributed by atoms with E-state index in [9.17, 15) is 13.6 Å². The average Bonchev–Trinajstić information content (AvgIpc) is 3.35. The summed E-state index contributed by atoms with van der Waals surface area (Å²) in [5.41, 5.74) is 1.11. The number of nitrogens with one attached hydrogen (secondary N) is 1. The molecule has 28 heavy (non-hydrogen) atoms. The van der Waals surface area contributed by atoms with Crippen LogP contribution in [0.2, 0.25) is 0 Å². The topological polar surface area (TPSA) is 98.2 Å². The lowest BCUT2D eigenvalue weighted by molar-refractivity contribution is 0.0949. The van der Waals surface area contributed by atoms with Crippen molar-refractivity contribution in [2.45, 2.75) is 19.9 Å². The standard InChI is InChI=1S/C18H14F2N6O2/c1-2-14-22-18(28-25-14)11-4-3-7-26-15(23-24-16(11)26)9-21-17(27)10-5-6-12(19)13(20)8-10/h3-8H,2,9H2,1H3,(H,21,27). The van der Waals surface area contributed by atoms with Gasteiger partial charge in [0.25, 0.3) is 11.8 Å². The van der Waals surface area contributed by atoms with Gasteiger partial charge in [0, 0.05) is 18.2 Å². The number of benzene rings is 1. The van der Waals surface area contributed by atoms with Gasteiger partial charge in [-0.15, -0.1) is 10.2 Å². The first-order valence-corrected chi connectivity index (χ1v) is 8.45. The number of nitrogens with zero attached hydrogens (tertiary/aromatic N) is 5. The number of aryl methyl sites for hydroxylation is 1. The minimum Gasteiger partial charge on any atom is -0.345 e. The Morgan fingerprint density at radius 2 is 2.07 bits per heavy atom. The smallest absolute Gasteiger partial charge is 0.261 e. The summed E-state index contributed by atoms with van der Waals surface area (Å²) < 4.78 is 33.2. The zero-order valence-electron chi connectivity index (χ0n) is 14.7. The number of amides is 1. The number of aromatic nitrogens is 5. The predicted molar refractivity (Wildman–Crippen MR) is 93.2 cm³/mol. The monoisotopic (exact) mass is 384 g/mol. The van der Waals surface area contributed by atoms with E-state index in [4.69, 9.17) is 4.52 Å². The normalized spacial score (nSPS) is 11.1. The highest BCUT2D eigenvalue weighted by Crippen LogP contribution is 2.22. The third-order valence-electron chi connectivity index (χ3n) is 4.11. The van der Waals surface area contributed by atoms with E-state index in [1.165, 1.54) is 6.07 Å². The molecule has 3 aromatic heterocycles. The molecule has 0 bridgehead atoms. The van der Waals surface area contributed by atoms with Crippen molar-refractivity contribution >= 4 is 11.6 Å². The maximum absolute atomic E-state index is 13.3. The third-order valence-corrected chi connectivity index (χ3v) is 4.11. The fraction of sp³-hybridized carbons (Fsp3) is 0.167. The molecular weight excluding hydrogens is 370 g/mol. The van der Waals surface area contributed by atoms with Gasteiger partial charge in [-0.25, -0.2) is 8.78 Å². The molecule has 1 aromatic carbocycles. The molecule has 142 valence electrons. The summed E-state index contributed by atoms with van der Waals surface area (Å²) in [5, 5.41) is 14.7. The maximum atomic E-state index is 13.3. The van der Waals surface area contributed by atoms with E-state index in [0.29, 0.717) is 35.2 Å². The van der Waals surface area contributed by atoms with E-state index < -0.39 is 17.5 Å². The average molecular weight is 384 g/mol. The number of carbonyl (C=O) groups excluding carboxylic acids is 1. The number of rotatable bonds is 5. The Kier molecular flexibility index (Phi) is 4.52. The SMILES string of the molecule is CCc1noc(-c2cccn3c(CNC(=O)c4ccc(F)c(F)c4)nnc23)n1. The van der Waals surface area contributed by atoms with Crippen LogP contribution in [0, 0.1) is 11.6 Å². The molecule has 0 unspecified atom stereocenters. The number of fused-ring (bicyclic) bond motifs is 1. The van der Waals surface area contributed by atoms with Crippen LogP contribution in [0.1, 0.15) is 28.9 Å². The van der Waals surface area contributed by atoms with Crippen LogP contribution in [0.25, 0.3) is 17.1 Å². The molecule has 4 aromatic rings. The zero-order chi connectivity index (χ0) is 19.7. The first-order chi connectivity index (χ1) is 13.6. The maximum Gasteiger partial charge on any atom is 0.261 e. The second-order valence-electron chi connectivity index (χ2n) is 5.91. The Morgan fingerprint density at radius 3 is 2.82 bits per heavy atom. The number of pyridine rings is 1. The summed E-state index contributed by atoms with van der Waals surface area (Å²) in [6.45, 7) is 1.95. The van der Waals surface area contributed by atoms with Gasteiger partial charge in [0.15, 0.2) is 28.9 Å². The van der Waals surface area contributed by atoms with Crippen molar-refractivity contribution in [3.05, 3.63) is 65.4 Å². The molecule has 0 aliphatic rings. The number of hydrogen-bond donors (Lipinski definition) is 1. The van der Waals surface area contributed by atoms with Gasteiger partial charge in [0.05, 0.1) is 12.1 Å². The first kappa shape index (κ1) is 17.7. The van der Waals surface area contributed by atoms with Crippen molar-refractivity contribution in [2.75, 3.05) is 0 Å². The van der Waals surface area contributed by atoms with Crippen LogP contribution in [-0.4, -0.2) is 30.6 Å². The van der Waals surface area contributed by atoms with Gasteiger partial charge < -0.3 is 9.84 Å². The van der Waals surface area contributed by atoms with Crippen molar-refractivity contribution in [3.63, 3.8) is 0 Å². The summed E-state index contributed by atoms with van der Waals surface area (Å²) in [5.74, 6) is -1.31. The van der Waals surface area contributed by atoms with Crippen LogP contribution in [0.5, 0.6) is 0 Å². The highest BCUT2D eigenvalue weighted by Gasteiger charge is 2.16. The molecule has 0 spiro atoms. The third kappa shape index (κ3) is 3.20. The fourth-order valence-corrected chi connectivity index (χ4v) is 2.66. The van der Waals surface area contributed by atoms with E-state index in [1.807, 2.05) is 6.92 Å². The quantitative estimate of drug-likeness (QED) is 0.568. The molecule has 3 heterocycles. The van der Waals surface area contributed by atoms with Gasteiger partial charge in [0.1, 0.15) is 0 Å². The minimum atomic E-state index is -1.09. The molecule has 0 aliphatic carbocycles. The Bertz CT molecular complexity index is 1170. The molecule has 0 aliphatic heterocycles. The van der Waals surface area contributed by atoms with Crippen molar-refractivity contribution in [3.8, 4) is 11.5 Å². The van der Waals surface area contributed by atoms with Crippen LogP contribution in [0.3, 0.4) is 0 Å². The highest BCUT2D eigenvalue weighted by molar-refractivity contribution is 5.94. The molecule has 0 saturated carbocycles. The fourth-order valence-electron chi connectivity index (χ4n) is 2.66. The Labute approximate surface area is 157 Å². The minimum absolute atomic E-state index is 0.00589. The van der Waals surface area contributed by atoms with Crippen molar-refractivity contribution in [2.24, 2.45) is 0 Å². The summed E-state index contributed by atoms with van der Waals surface area (Å²) in [4.78, 5) is 16.5. The molecular formula is C18H14F2N6O2. The molecule has 0 atom stereocenters. The lowest BCUT2D eigenvalue weighted by atomic mass is 10.2. The van der Waals surface area contributed by atoms with E-state index in [0.717, 1.165) is 12.1 Å². The lowest BCUT2D eigenvalue weighted by Gasteiger charge is -2.05. The van der Waals surface area contributed by atoms with Crippen molar-refractivity contribution in [1.29, 1.82) is 0 Å². The second kappa shape index (κ2) is 7.14. The number of halogens is 2. The molecule has 0 fully saturated rings. The molecule has 0 saturated heterocycles. The van der Waals surface area contributed by atoms with Gasteiger partial charge in [-0.2, -0.15) is 4.98 Å². The van der Waals surface area contributed by atoms with Crippen molar-refractivity contribution < 1.29 is 18.1 Å². The summed E-state index contributed by atoms with van der Waals surface area (Å²) >= 11 is 0. The van der Waals surface area contributed by atoms with Crippen LogP contribution in [0.15, 0.2) is 41.1 Å². The van der Waals surface area contributed by atoms with Gasteiger partial charge >= 0.3 is 0 Å². The molecule has 0 radical (unpaired) electrons.